The zero-order valence-corrected chi connectivity index (χ0v) is 20.6. The molecule has 4 N–H and O–H groups in total. The third-order valence-electron chi connectivity index (χ3n) is 5.67. The van der Waals surface area contributed by atoms with Crippen LogP contribution in [-0.4, -0.2) is 32.1 Å². The van der Waals surface area contributed by atoms with E-state index >= 15 is 0 Å². The first kappa shape index (κ1) is 26.7. The molecule has 1 amide bonds. The second-order valence-corrected chi connectivity index (χ2v) is 7.89. The van der Waals surface area contributed by atoms with Crippen LogP contribution in [0, 0.1) is 0 Å². The number of nitrogens with zero attached hydrogens (tertiary/aromatic N) is 1. The van der Waals surface area contributed by atoms with Crippen molar-refractivity contribution in [3.63, 3.8) is 0 Å². The number of amides is 1. The van der Waals surface area contributed by atoms with E-state index in [4.69, 9.17) is 10.5 Å². The minimum Gasteiger partial charge on any atom is -0.484 e. The van der Waals surface area contributed by atoms with Gasteiger partial charge in [-0.25, -0.2) is 0 Å². The Morgan fingerprint density at radius 2 is 1.88 bits per heavy atom. The van der Waals surface area contributed by atoms with E-state index in [1.165, 1.54) is 12.1 Å². The molecular weight excluding hydrogens is 548 g/mol. The van der Waals surface area contributed by atoms with Crippen molar-refractivity contribution in [2.24, 2.45) is 10.7 Å². The Morgan fingerprint density at radius 3 is 2.48 bits per heavy atom. The Bertz CT molecular complexity index is 978. The Balaban J connectivity index is 0.00000385. The molecule has 6 nitrogen and oxygen atoms in total. The van der Waals surface area contributed by atoms with Crippen molar-refractivity contribution in [2.75, 3.05) is 20.2 Å². The molecule has 1 fully saturated rings. The SMILES string of the molecule is CN=C(NCc1cccc(OCC(N)=O)c1)NCC1(c2cccc(C(F)(F)F)c2)CCC1.I. The van der Waals surface area contributed by atoms with E-state index in [1.54, 1.807) is 31.3 Å². The lowest BCUT2D eigenvalue weighted by Crippen LogP contribution is -2.48. The fourth-order valence-electron chi connectivity index (χ4n) is 3.76. The molecule has 1 saturated carbocycles. The summed E-state index contributed by atoms with van der Waals surface area (Å²) in [6, 6.07) is 12.8. The Hall–Kier alpha value is -2.50. The quantitative estimate of drug-likeness (QED) is 0.252. The molecule has 3 rings (SSSR count). The Morgan fingerprint density at radius 1 is 1.15 bits per heavy atom. The summed E-state index contributed by atoms with van der Waals surface area (Å²) < 4.78 is 44.8. The van der Waals surface area contributed by atoms with Crippen LogP contribution in [0.5, 0.6) is 5.75 Å². The summed E-state index contributed by atoms with van der Waals surface area (Å²) in [5, 5.41) is 6.46. The number of nitrogens with two attached hydrogens (primary N) is 1. The number of alkyl halides is 3. The highest BCUT2D eigenvalue weighted by Gasteiger charge is 2.40. The molecule has 0 aliphatic heterocycles. The van der Waals surface area contributed by atoms with Crippen molar-refractivity contribution < 1.29 is 22.7 Å². The number of nitrogens with one attached hydrogen (secondary N) is 2. The number of hydrogen-bond acceptors (Lipinski definition) is 3. The molecule has 0 aromatic heterocycles. The molecular formula is C23H28F3IN4O2. The van der Waals surface area contributed by atoms with Crippen LogP contribution < -0.4 is 21.1 Å². The molecule has 2 aromatic carbocycles. The van der Waals surface area contributed by atoms with E-state index in [9.17, 15) is 18.0 Å². The average Bonchev–Trinajstić information content (AvgIpc) is 2.73. The number of carbonyl (C=O) groups excluding carboxylic acids is 1. The van der Waals surface area contributed by atoms with Crippen molar-refractivity contribution in [3.05, 3.63) is 65.2 Å². The van der Waals surface area contributed by atoms with Crippen LogP contribution in [0.4, 0.5) is 13.2 Å². The van der Waals surface area contributed by atoms with E-state index in [-0.39, 0.29) is 36.0 Å². The predicted octanol–water partition coefficient (Wildman–Crippen LogP) is 3.97. The summed E-state index contributed by atoms with van der Waals surface area (Å²) in [6.07, 6.45) is -1.75. The third kappa shape index (κ3) is 7.24. The molecule has 0 radical (unpaired) electrons. The van der Waals surface area contributed by atoms with E-state index in [2.05, 4.69) is 15.6 Å². The summed E-state index contributed by atoms with van der Waals surface area (Å²) in [6.45, 7) is 0.734. The molecule has 180 valence electrons. The Kier molecular flexibility index (Phi) is 9.38. The summed E-state index contributed by atoms with van der Waals surface area (Å²) >= 11 is 0. The maximum Gasteiger partial charge on any atom is 0.416 e. The number of hydrogen-bond donors (Lipinski definition) is 3. The molecule has 2 aromatic rings. The van der Waals surface area contributed by atoms with E-state index in [0.29, 0.717) is 30.4 Å². The average molecular weight is 576 g/mol. The first-order valence-corrected chi connectivity index (χ1v) is 10.3. The second-order valence-electron chi connectivity index (χ2n) is 7.89. The van der Waals surface area contributed by atoms with Gasteiger partial charge in [0.15, 0.2) is 12.6 Å². The number of benzene rings is 2. The van der Waals surface area contributed by atoms with Crippen LogP contribution in [0.2, 0.25) is 0 Å². The molecule has 0 heterocycles. The zero-order chi connectivity index (χ0) is 23.2. The van der Waals surface area contributed by atoms with E-state index < -0.39 is 17.6 Å². The number of primary amides is 1. The van der Waals surface area contributed by atoms with Gasteiger partial charge in [0.05, 0.1) is 5.56 Å². The monoisotopic (exact) mass is 576 g/mol. The summed E-state index contributed by atoms with van der Waals surface area (Å²) in [5.74, 6) is 0.527. The minimum absolute atomic E-state index is 0. The maximum absolute atomic E-state index is 13.1. The number of rotatable bonds is 8. The van der Waals surface area contributed by atoms with Crippen molar-refractivity contribution in [2.45, 2.75) is 37.4 Å². The molecule has 0 spiro atoms. The second kappa shape index (κ2) is 11.6. The lowest BCUT2D eigenvalue weighted by atomic mass is 9.64. The van der Waals surface area contributed by atoms with Gasteiger partial charge in [0.25, 0.3) is 5.91 Å². The predicted molar refractivity (Wildman–Crippen MR) is 132 cm³/mol. The van der Waals surface area contributed by atoms with Crippen molar-refractivity contribution in [3.8, 4) is 5.75 Å². The molecule has 0 atom stereocenters. The number of halogens is 4. The van der Waals surface area contributed by atoms with Gasteiger partial charge in [0.1, 0.15) is 5.75 Å². The lowest BCUT2D eigenvalue weighted by Gasteiger charge is -2.43. The smallest absolute Gasteiger partial charge is 0.416 e. The molecule has 0 unspecified atom stereocenters. The number of carbonyl (C=O) groups is 1. The lowest BCUT2D eigenvalue weighted by molar-refractivity contribution is -0.137. The minimum atomic E-state index is -4.36. The molecule has 0 saturated heterocycles. The standard InChI is InChI=1S/C23H27F3N4O2.HI/c1-28-21(29-13-16-5-2-8-19(11-16)32-14-20(27)31)30-15-22(9-4-10-22)17-6-3-7-18(12-17)23(24,25)26;/h2-3,5-8,11-12H,4,9-10,13-15H2,1H3,(H2,27,31)(H2,28,29,30);1H. The molecule has 33 heavy (non-hydrogen) atoms. The zero-order valence-electron chi connectivity index (χ0n) is 18.2. The van der Waals surface area contributed by atoms with Gasteiger partial charge in [-0.1, -0.05) is 36.8 Å². The van der Waals surface area contributed by atoms with E-state index in [1.807, 2.05) is 6.07 Å². The number of guanidine groups is 1. The van der Waals surface area contributed by atoms with Gasteiger partial charge in [-0.2, -0.15) is 13.2 Å². The fourth-order valence-corrected chi connectivity index (χ4v) is 3.76. The number of aliphatic imine (C=N–C) groups is 1. The van der Waals surface area contributed by atoms with Crippen molar-refractivity contribution in [1.29, 1.82) is 0 Å². The highest BCUT2D eigenvalue weighted by atomic mass is 127. The third-order valence-corrected chi connectivity index (χ3v) is 5.67. The number of ether oxygens (including phenoxy) is 1. The maximum atomic E-state index is 13.1. The highest BCUT2D eigenvalue weighted by molar-refractivity contribution is 14.0. The largest absolute Gasteiger partial charge is 0.484 e. The van der Waals surface area contributed by atoms with E-state index in [0.717, 1.165) is 30.9 Å². The summed E-state index contributed by atoms with van der Waals surface area (Å²) in [5.41, 5.74) is 5.73. The van der Waals surface area contributed by atoms with Gasteiger partial charge >= 0.3 is 6.18 Å². The molecule has 0 bridgehead atoms. The van der Waals surface area contributed by atoms with Gasteiger partial charge in [-0.05, 0) is 42.2 Å². The molecule has 1 aliphatic carbocycles. The van der Waals surface area contributed by atoms with Gasteiger partial charge < -0.3 is 21.1 Å². The summed E-state index contributed by atoms with van der Waals surface area (Å²) in [7, 11) is 1.64. The van der Waals surface area contributed by atoms with Crippen LogP contribution >= 0.6 is 24.0 Å². The van der Waals surface area contributed by atoms with Crippen molar-refractivity contribution >= 4 is 35.8 Å². The van der Waals surface area contributed by atoms with Gasteiger partial charge in [0.2, 0.25) is 0 Å². The van der Waals surface area contributed by atoms with Crippen LogP contribution in [0.1, 0.15) is 36.0 Å². The topological polar surface area (TPSA) is 88.7 Å². The van der Waals surface area contributed by atoms with Crippen LogP contribution in [0.25, 0.3) is 0 Å². The van der Waals surface area contributed by atoms with Gasteiger partial charge in [-0.15, -0.1) is 24.0 Å². The molecule has 1 aliphatic rings. The molecule has 10 heteroatoms. The van der Waals surface area contributed by atoms with Crippen LogP contribution in [0.3, 0.4) is 0 Å². The fraction of sp³-hybridized carbons (Fsp3) is 0.391. The van der Waals surface area contributed by atoms with Gasteiger partial charge in [0, 0.05) is 25.6 Å². The van der Waals surface area contributed by atoms with Crippen LogP contribution in [0.15, 0.2) is 53.5 Å². The van der Waals surface area contributed by atoms with Crippen molar-refractivity contribution in [1.82, 2.24) is 10.6 Å². The summed E-state index contributed by atoms with van der Waals surface area (Å²) in [4.78, 5) is 15.1. The Labute approximate surface area is 208 Å². The van der Waals surface area contributed by atoms with Gasteiger partial charge in [-0.3, -0.25) is 9.79 Å². The highest BCUT2D eigenvalue weighted by Crippen LogP contribution is 2.44. The first-order chi connectivity index (χ1) is 15.2. The normalized spacial score (nSPS) is 15.1. The van der Waals surface area contributed by atoms with Crippen LogP contribution in [-0.2, 0) is 22.9 Å². The first-order valence-electron chi connectivity index (χ1n) is 10.3.